The van der Waals surface area contributed by atoms with E-state index in [-0.39, 0.29) is 26.0 Å². The molecule has 0 N–H and O–H groups in total. The van der Waals surface area contributed by atoms with Gasteiger partial charge in [-0.25, -0.2) is 0 Å². The Labute approximate surface area is 109 Å². The zero-order chi connectivity index (χ0) is 12.4. The van der Waals surface area contributed by atoms with Crippen LogP contribution >= 0.6 is 0 Å². The van der Waals surface area contributed by atoms with Gasteiger partial charge in [0.1, 0.15) is 5.60 Å². The second-order valence-corrected chi connectivity index (χ2v) is 9.80. The first-order chi connectivity index (χ1) is 7.17. The van der Waals surface area contributed by atoms with Crippen molar-refractivity contribution in [3.8, 4) is 5.75 Å². The molecule has 0 amide bonds. The van der Waals surface area contributed by atoms with Gasteiger partial charge in [0.05, 0.1) is 5.75 Å². The van der Waals surface area contributed by atoms with Crippen molar-refractivity contribution in [3.05, 3.63) is 24.3 Å². The maximum atomic E-state index is 6.01. The lowest BCUT2D eigenvalue weighted by Crippen LogP contribution is -2.30. The summed E-state index contributed by atoms with van der Waals surface area (Å²) in [6.07, 6.45) is 0. The van der Waals surface area contributed by atoms with Crippen LogP contribution in [0.4, 0.5) is 0 Å². The van der Waals surface area contributed by atoms with Gasteiger partial charge in [-0.15, -0.1) is 7.24 Å². The SMILES string of the molecule is CC(C)(C)Oc1cccc[c]1[Mg][C](C)(C)C. The summed E-state index contributed by atoms with van der Waals surface area (Å²) in [5, 5.41) is 0. The van der Waals surface area contributed by atoms with Gasteiger partial charge in [-0.2, -0.15) is 0 Å². The first-order valence-corrected chi connectivity index (χ1v) is 7.36. The van der Waals surface area contributed by atoms with Gasteiger partial charge >= 0.3 is 20.4 Å². The highest BCUT2D eigenvalue weighted by Gasteiger charge is 2.21. The van der Waals surface area contributed by atoms with E-state index in [0.29, 0.717) is 3.54 Å². The van der Waals surface area contributed by atoms with Crippen LogP contribution in [-0.4, -0.2) is 26.0 Å². The molecule has 1 aromatic carbocycles. The normalized spacial score (nSPS) is 12.1. The van der Waals surface area contributed by atoms with Crippen molar-refractivity contribution in [2.45, 2.75) is 50.7 Å². The molecule has 1 nitrogen and oxygen atoms in total. The Bertz CT molecular complexity index is 309. The lowest BCUT2D eigenvalue weighted by molar-refractivity contribution is 0.132. The largest absolute Gasteiger partial charge is 0.491 e. The number of hydrogen-bond acceptors (Lipinski definition) is 1. The Balaban J connectivity index is 2.92. The van der Waals surface area contributed by atoms with E-state index in [1.807, 2.05) is 0 Å². The van der Waals surface area contributed by atoms with E-state index in [1.165, 1.54) is 3.69 Å². The molecule has 16 heavy (non-hydrogen) atoms. The van der Waals surface area contributed by atoms with Crippen molar-refractivity contribution < 1.29 is 4.74 Å². The summed E-state index contributed by atoms with van der Waals surface area (Å²) >= 11 is -0.296. The van der Waals surface area contributed by atoms with Gasteiger partial charge in [-0.1, -0.05) is 39.0 Å². The summed E-state index contributed by atoms with van der Waals surface area (Å²) in [5.41, 5.74) is -0.109. The molecular formula is C14H22MgO. The van der Waals surface area contributed by atoms with E-state index in [2.05, 4.69) is 65.8 Å². The van der Waals surface area contributed by atoms with Crippen molar-refractivity contribution >= 4 is 24.1 Å². The van der Waals surface area contributed by atoms with Gasteiger partial charge in [0, 0.05) is 0 Å². The summed E-state index contributed by atoms with van der Waals surface area (Å²) < 4.78 is 7.88. The molecule has 0 heterocycles. The van der Waals surface area contributed by atoms with E-state index in [9.17, 15) is 0 Å². The molecule has 0 aliphatic rings. The molecular weight excluding hydrogens is 208 g/mol. The van der Waals surface area contributed by atoms with Crippen LogP contribution in [0.3, 0.4) is 0 Å². The van der Waals surface area contributed by atoms with Gasteiger partial charge in [-0.3, -0.25) is 0 Å². The standard InChI is InChI=1S/C10H13O.C4H9.Mg/c1-10(2,3)11-9-7-5-4-6-8-9;1-4(2)3;/h4-7H,1-3H3;1-3H3;. The molecule has 0 saturated heterocycles. The van der Waals surface area contributed by atoms with Gasteiger partial charge in [0.15, 0.2) is 0 Å². The summed E-state index contributed by atoms with van der Waals surface area (Å²) in [6.45, 7) is 13.2. The maximum Gasteiger partial charge on any atom is 0.421 e. The summed E-state index contributed by atoms with van der Waals surface area (Å²) in [4.78, 5) is 0. The molecule has 1 rings (SSSR count). The zero-order valence-electron chi connectivity index (χ0n) is 11.4. The van der Waals surface area contributed by atoms with Crippen LogP contribution in [-0.2, 0) is 0 Å². The third-order valence-corrected chi connectivity index (χ3v) is 4.14. The fourth-order valence-electron chi connectivity index (χ4n) is 1.65. The monoisotopic (exact) mass is 230 g/mol. The molecule has 0 saturated carbocycles. The Hall–Kier alpha value is -0.214. The minimum atomic E-state index is -0.296. The van der Waals surface area contributed by atoms with Gasteiger partial charge in [0.25, 0.3) is 0 Å². The van der Waals surface area contributed by atoms with Crippen molar-refractivity contribution in [2.75, 3.05) is 0 Å². The molecule has 0 fully saturated rings. The summed E-state index contributed by atoms with van der Waals surface area (Å²) in [5.74, 6) is 1.08. The average molecular weight is 231 g/mol. The molecule has 0 radical (unpaired) electrons. The van der Waals surface area contributed by atoms with Crippen molar-refractivity contribution in [1.82, 2.24) is 0 Å². The Morgan fingerprint density at radius 1 is 0.938 bits per heavy atom. The third kappa shape index (κ3) is 5.22. The van der Waals surface area contributed by atoms with E-state index in [4.69, 9.17) is 4.74 Å². The molecule has 0 atom stereocenters. The molecule has 0 unspecified atom stereocenters. The quantitative estimate of drug-likeness (QED) is 0.708. The van der Waals surface area contributed by atoms with E-state index < -0.39 is 0 Å². The highest BCUT2D eigenvalue weighted by atomic mass is 24.5. The second kappa shape index (κ2) is 4.97. The van der Waals surface area contributed by atoms with Crippen molar-refractivity contribution in [3.63, 3.8) is 0 Å². The molecule has 0 aliphatic carbocycles. The van der Waals surface area contributed by atoms with Crippen LogP contribution in [0.25, 0.3) is 0 Å². The fourth-order valence-corrected chi connectivity index (χ4v) is 3.41. The third-order valence-electron chi connectivity index (χ3n) is 2.11. The van der Waals surface area contributed by atoms with Gasteiger partial charge < -0.3 is 4.74 Å². The van der Waals surface area contributed by atoms with E-state index in [1.54, 1.807) is 0 Å². The van der Waals surface area contributed by atoms with Gasteiger partial charge in [-0.05, 0) is 26.8 Å². The number of hydrogen-bond donors (Lipinski definition) is 0. The Morgan fingerprint density at radius 2 is 1.50 bits per heavy atom. The maximum absolute atomic E-state index is 6.01. The predicted octanol–water partition coefficient (Wildman–Crippen LogP) is 3.41. The van der Waals surface area contributed by atoms with Crippen LogP contribution in [0.1, 0.15) is 41.5 Å². The molecule has 0 aliphatic heterocycles. The van der Waals surface area contributed by atoms with Crippen molar-refractivity contribution in [1.29, 1.82) is 0 Å². The zero-order valence-corrected chi connectivity index (χ0v) is 12.8. The predicted molar refractivity (Wildman–Crippen MR) is 71.9 cm³/mol. The highest BCUT2D eigenvalue weighted by Crippen LogP contribution is 2.23. The van der Waals surface area contributed by atoms with Crippen LogP contribution in [0.15, 0.2) is 24.3 Å². The number of ether oxygens (including phenoxy) is 1. The molecule has 0 aromatic heterocycles. The molecule has 0 bridgehead atoms. The molecule has 1 aromatic rings. The van der Waals surface area contributed by atoms with E-state index >= 15 is 0 Å². The molecule has 2 heteroatoms. The van der Waals surface area contributed by atoms with E-state index in [0.717, 1.165) is 5.75 Å². The molecule has 0 spiro atoms. The van der Waals surface area contributed by atoms with Crippen LogP contribution in [0.5, 0.6) is 5.75 Å². The Kier molecular flexibility index (Phi) is 4.30. The molecule has 86 valence electrons. The lowest BCUT2D eigenvalue weighted by atomic mass is 10.2. The van der Waals surface area contributed by atoms with Crippen molar-refractivity contribution in [2.24, 2.45) is 0 Å². The lowest BCUT2D eigenvalue weighted by Gasteiger charge is -2.25. The van der Waals surface area contributed by atoms with Crippen LogP contribution in [0.2, 0.25) is 3.54 Å². The first kappa shape index (κ1) is 13.8. The topological polar surface area (TPSA) is 9.23 Å². The minimum absolute atomic E-state index is 0.109. The number of para-hydroxylation sites is 1. The van der Waals surface area contributed by atoms with Gasteiger partial charge in [0.2, 0.25) is 0 Å². The van der Waals surface area contributed by atoms with Crippen LogP contribution < -0.4 is 8.43 Å². The number of rotatable bonds is 2. The minimum Gasteiger partial charge on any atom is -0.491 e. The Morgan fingerprint density at radius 3 is 2.00 bits per heavy atom. The summed E-state index contributed by atoms with van der Waals surface area (Å²) in [7, 11) is 0. The summed E-state index contributed by atoms with van der Waals surface area (Å²) in [6, 6.07) is 8.49. The van der Waals surface area contributed by atoms with Crippen LogP contribution in [0, 0.1) is 0 Å². The average Bonchev–Trinajstić information content (AvgIpc) is 2.03. The first-order valence-electron chi connectivity index (χ1n) is 5.94. The second-order valence-electron chi connectivity index (χ2n) is 6.56. The smallest absolute Gasteiger partial charge is 0.421 e. The number of benzene rings is 1. The fraction of sp³-hybridized carbons (Fsp3) is 0.571. The highest BCUT2D eigenvalue weighted by molar-refractivity contribution is 6.57.